The molecule has 0 spiro atoms. The van der Waals surface area contributed by atoms with E-state index in [0.717, 1.165) is 22.7 Å². The van der Waals surface area contributed by atoms with E-state index >= 15 is 0 Å². The van der Waals surface area contributed by atoms with E-state index in [1.54, 1.807) is 24.4 Å². The molecule has 8 heteroatoms. The van der Waals surface area contributed by atoms with E-state index in [0.29, 0.717) is 18.3 Å². The van der Waals surface area contributed by atoms with E-state index in [4.69, 9.17) is 14.6 Å². The molecule has 2 aromatic carbocycles. The Bertz CT molecular complexity index is 976. The van der Waals surface area contributed by atoms with Crippen molar-refractivity contribution in [1.82, 2.24) is 9.97 Å². The Morgan fingerprint density at radius 2 is 1.89 bits per heavy atom. The van der Waals surface area contributed by atoms with Crippen LogP contribution in [0.25, 0.3) is 0 Å². The number of ether oxygens (including phenoxy) is 2. The van der Waals surface area contributed by atoms with Gasteiger partial charge in [-0.25, -0.2) is 9.78 Å². The van der Waals surface area contributed by atoms with Crippen LogP contribution in [0.15, 0.2) is 54.7 Å². The molecule has 136 valence electrons. The first-order valence-electron chi connectivity index (χ1n) is 8.23. The molecule has 1 aliphatic heterocycles. The van der Waals surface area contributed by atoms with Crippen LogP contribution < -0.4 is 20.1 Å². The van der Waals surface area contributed by atoms with Crippen LogP contribution in [0, 0.1) is 0 Å². The molecular formula is C19H16N4O4. The molecule has 4 rings (SSSR count). The van der Waals surface area contributed by atoms with Crippen LogP contribution in [0.2, 0.25) is 0 Å². The maximum atomic E-state index is 10.9. The van der Waals surface area contributed by atoms with Crippen molar-refractivity contribution in [1.29, 1.82) is 0 Å². The Hall–Kier alpha value is -3.81. The van der Waals surface area contributed by atoms with E-state index in [1.165, 1.54) is 12.1 Å². The number of rotatable bonds is 6. The molecule has 0 saturated heterocycles. The van der Waals surface area contributed by atoms with Crippen molar-refractivity contribution in [2.24, 2.45) is 0 Å². The summed E-state index contributed by atoms with van der Waals surface area (Å²) in [6.07, 6.45) is 1.64. The molecule has 0 radical (unpaired) electrons. The average molecular weight is 364 g/mol. The molecule has 1 aliphatic rings. The fourth-order valence-electron chi connectivity index (χ4n) is 2.59. The Morgan fingerprint density at radius 1 is 1.07 bits per heavy atom. The first-order valence-corrected chi connectivity index (χ1v) is 8.23. The van der Waals surface area contributed by atoms with Gasteiger partial charge in [0.15, 0.2) is 11.5 Å². The molecule has 27 heavy (non-hydrogen) atoms. The van der Waals surface area contributed by atoms with Gasteiger partial charge in [-0.1, -0.05) is 6.07 Å². The third kappa shape index (κ3) is 3.90. The number of aromatic carboxylic acids is 1. The summed E-state index contributed by atoms with van der Waals surface area (Å²) >= 11 is 0. The summed E-state index contributed by atoms with van der Waals surface area (Å²) in [6, 6.07) is 13.9. The zero-order chi connectivity index (χ0) is 18.6. The number of anilines is 3. The topological polar surface area (TPSA) is 106 Å². The number of aromatic nitrogens is 2. The molecule has 0 amide bonds. The van der Waals surface area contributed by atoms with Gasteiger partial charge in [0.1, 0.15) is 5.82 Å². The number of nitrogens with zero attached hydrogens (tertiary/aromatic N) is 2. The number of benzene rings is 2. The summed E-state index contributed by atoms with van der Waals surface area (Å²) in [5.41, 5.74) is 1.99. The van der Waals surface area contributed by atoms with Gasteiger partial charge in [-0.05, 0) is 48.0 Å². The summed E-state index contributed by atoms with van der Waals surface area (Å²) in [7, 11) is 0. The number of fused-ring (bicyclic) bond motifs is 1. The Kier molecular flexibility index (Phi) is 4.44. The fourth-order valence-corrected chi connectivity index (χ4v) is 2.59. The van der Waals surface area contributed by atoms with Crippen LogP contribution >= 0.6 is 0 Å². The molecule has 2 heterocycles. The smallest absolute Gasteiger partial charge is 0.335 e. The highest BCUT2D eigenvalue weighted by Crippen LogP contribution is 2.32. The standard InChI is InChI=1S/C19H16N4O4/c24-18(25)13-2-4-14(5-3-13)22-17-7-8-20-19(23-17)21-10-12-1-6-15-16(9-12)27-11-26-15/h1-9H,10-11H2,(H,24,25)(H2,20,21,22,23). The quantitative estimate of drug-likeness (QED) is 0.612. The predicted octanol–water partition coefficient (Wildman–Crippen LogP) is 3.26. The lowest BCUT2D eigenvalue weighted by molar-refractivity contribution is 0.0697. The second-order valence-corrected chi connectivity index (χ2v) is 5.81. The lowest BCUT2D eigenvalue weighted by Crippen LogP contribution is -2.05. The number of hydrogen-bond donors (Lipinski definition) is 3. The largest absolute Gasteiger partial charge is 0.478 e. The molecule has 0 aliphatic carbocycles. The number of hydrogen-bond acceptors (Lipinski definition) is 7. The van der Waals surface area contributed by atoms with Gasteiger partial charge in [0.05, 0.1) is 5.56 Å². The first-order chi connectivity index (χ1) is 13.2. The van der Waals surface area contributed by atoms with Gasteiger partial charge in [0.2, 0.25) is 12.7 Å². The third-order valence-electron chi connectivity index (χ3n) is 3.95. The summed E-state index contributed by atoms with van der Waals surface area (Å²) in [5, 5.41) is 15.2. The van der Waals surface area contributed by atoms with E-state index in [1.807, 2.05) is 18.2 Å². The molecule has 8 nitrogen and oxygen atoms in total. The van der Waals surface area contributed by atoms with Crippen LogP contribution in [0.5, 0.6) is 11.5 Å². The zero-order valence-corrected chi connectivity index (χ0v) is 14.2. The number of carbonyl (C=O) groups is 1. The Morgan fingerprint density at radius 3 is 2.70 bits per heavy atom. The fraction of sp³-hybridized carbons (Fsp3) is 0.105. The van der Waals surface area contributed by atoms with Gasteiger partial charge in [-0.2, -0.15) is 4.98 Å². The van der Waals surface area contributed by atoms with Gasteiger partial charge in [0.25, 0.3) is 0 Å². The van der Waals surface area contributed by atoms with Gasteiger partial charge < -0.3 is 25.2 Å². The van der Waals surface area contributed by atoms with Crippen LogP contribution in [-0.4, -0.2) is 27.8 Å². The van der Waals surface area contributed by atoms with Crippen molar-refractivity contribution in [3.63, 3.8) is 0 Å². The van der Waals surface area contributed by atoms with Crippen molar-refractivity contribution in [3.8, 4) is 11.5 Å². The van der Waals surface area contributed by atoms with Crippen LogP contribution in [0.3, 0.4) is 0 Å². The van der Waals surface area contributed by atoms with E-state index in [9.17, 15) is 4.79 Å². The molecule has 0 atom stereocenters. The molecule has 1 aromatic heterocycles. The van der Waals surface area contributed by atoms with E-state index in [-0.39, 0.29) is 12.4 Å². The molecule has 3 aromatic rings. The highest BCUT2D eigenvalue weighted by molar-refractivity contribution is 5.88. The predicted molar refractivity (Wildman–Crippen MR) is 98.6 cm³/mol. The highest BCUT2D eigenvalue weighted by atomic mass is 16.7. The maximum Gasteiger partial charge on any atom is 0.335 e. The number of carboxylic acid groups (broad SMARTS) is 1. The van der Waals surface area contributed by atoms with Crippen molar-refractivity contribution in [2.45, 2.75) is 6.54 Å². The maximum absolute atomic E-state index is 10.9. The van der Waals surface area contributed by atoms with Gasteiger partial charge >= 0.3 is 5.97 Å². The van der Waals surface area contributed by atoms with E-state index in [2.05, 4.69) is 20.6 Å². The van der Waals surface area contributed by atoms with E-state index < -0.39 is 5.97 Å². The summed E-state index contributed by atoms with van der Waals surface area (Å²) in [5.74, 6) is 1.59. The molecule has 0 unspecified atom stereocenters. The van der Waals surface area contributed by atoms with Crippen molar-refractivity contribution in [3.05, 3.63) is 65.9 Å². The van der Waals surface area contributed by atoms with Crippen molar-refractivity contribution in [2.75, 3.05) is 17.4 Å². The minimum atomic E-state index is -0.960. The van der Waals surface area contributed by atoms with Crippen molar-refractivity contribution < 1.29 is 19.4 Å². The van der Waals surface area contributed by atoms with Crippen LogP contribution in [0.4, 0.5) is 17.5 Å². The van der Waals surface area contributed by atoms with Gasteiger partial charge in [0, 0.05) is 18.4 Å². The minimum absolute atomic E-state index is 0.231. The number of carboxylic acids is 1. The summed E-state index contributed by atoms with van der Waals surface area (Å²) in [4.78, 5) is 19.5. The first kappa shape index (κ1) is 16.6. The Balaban J connectivity index is 1.40. The van der Waals surface area contributed by atoms with Crippen LogP contribution in [-0.2, 0) is 6.54 Å². The lowest BCUT2D eigenvalue weighted by Gasteiger charge is -2.09. The molecule has 0 fully saturated rings. The second-order valence-electron chi connectivity index (χ2n) is 5.81. The van der Waals surface area contributed by atoms with Crippen LogP contribution in [0.1, 0.15) is 15.9 Å². The summed E-state index contributed by atoms with van der Waals surface area (Å²) < 4.78 is 10.7. The van der Waals surface area contributed by atoms with Gasteiger partial charge in [-0.3, -0.25) is 0 Å². The average Bonchev–Trinajstić information content (AvgIpc) is 3.15. The second kappa shape index (κ2) is 7.20. The molecule has 3 N–H and O–H groups in total. The lowest BCUT2D eigenvalue weighted by atomic mass is 10.2. The van der Waals surface area contributed by atoms with Gasteiger partial charge in [-0.15, -0.1) is 0 Å². The zero-order valence-electron chi connectivity index (χ0n) is 14.2. The minimum Gasteiger partial charge on any atom is -0.478 e. The highest BCUT2D eigenvalue weighted by Gasteiger charge is 2.13. The normalized spacial score (nSPS) is 11.9. The molecule has 0 saturated carbocycles. The SMILES string of the molecule is O=C(O)c1ccc(Nc2ccnc(NCc3ccc4c(c3)OCO4)n2)cc1. The van der Waals surface area contributed by atoms with Crippen molar-refractivity contribution >= 4 is 23.4 Å². The molecule has 0 bridgehead atoms. The third-order valence-corrected chi connectivity index (χ3v) is 3.95. The number of nitrogens with one attached hydrogen (secondary N) is 2. The molecular weight excluding hydrogens is 348 g/mol. The Labute approximate surface area is 154 Å². The summed E-state index contributed by atoms with van der Waals surface area (Å²) in [6.45, 7) is 0.782. The monoisotopic (exact) mass is 364 g/mol.